The third-order valence-corrected chi connectivity index (χ3v) is 3.44. The molecule has 0 spiro atoms. The first kappa shape index (κ1) is 11.4. The molecule has 0 fully saturated rings. The largest absolute Gasteiger partial charge is 0.395 e. The van der Waals surface area contributed by atoms with Crippen molar-refractivity contribution in [3.63, 3.8) is 0 Å². The third kappa shape index (κ3) is 1.82. The summed E-state index contributed by atoms with van der Waals surface area (Å²) in [6.07, 6.45) is 1.85. The van der Waals surface area contributed by atoms with Crippen LogP contribution in [0.4, 0.5) is 0 Å². The number of rotatable bonds is 4. The van der Waals surface area contributed by atoms with Gasteiger partial charge in [0.25, 0.3) is 0 Å². The van der Waals surface area contributed by atoms with E-state index in [4.69, 9.17) is 5.11 Å². The molecule has 0 saturated carbocycles. The second-order valence-electron chi connectivity index (χ2n) is 4.51. The van der Waals surface area contributed by atoms with E-state index in [1.54, 1.807) is 0 Å². The molecule has 1 aromatic carbocycles. The Labute approximate surface area is 107 Å². The molecule has 0 saturated heterocycles. The molecule has 0 radical (unpaired) electrons. The number of nitrogens with one attached hydrogen (secondary N) is 1. The summed E-state index contributed by atoms with van der Waals surface area (Å²) in [5.74, 6) is 0.344. The van der Waals surface area contributed by atoms with Gasteiger partial charge >= 0.3 is 0 Å². The fourth-order valence-electron chi connectivity index (χ4n) is 2.65. The van der Waals surface area contributed by atoms with Crippen molar-refractivity contribution in [3.8, 4) is 11.3 Å². The molecule has 0 aliphatic heterocycles. The number of pyridine rings is 1. The summed E-state index contributed by atoms with van der Waals surface area (Å²) in [6, 6.07) is 12.6. The van der Waals surface area contributed by atoms with Crippen LogP contribution < -0.4 is 5.32 Å². The van der Waals surface area contributed by atoms with Gasteiger partial charge in [-0.15, -0.1) is 0 Å². The van der Waals surface area contributed by atoms with E-state index in [1.165, 1.54) is 16.7 Å². The highest BCUT2D eigenvalue weighted by molar-refractivity contribution is 5.75. The highest BCUT2D eigenvalue weighted by atomic mass is 16.3. The summed E-state index contributed by atoms with van der Waals surface area (Å²) in [5.41, 5.74) is 4.95. The van der Waals surface area contributed by atoms with Gasteiger partial charge in [-0.3, -0.25) is 4.98 Å². The lowest BCUT2D eigenvalue weighted by molar-refractivity contribution is 0.292. The summed E-state index contributed by atoms with van der Waals surface area (Å²) in [5, 5.41) is 12.1. The highest BCUT2D eigenvalue weighted by Crippen LogP contribution is 2.42. The molecule has 3 rings (SSSR count). The Morgan fingerprint density at radius 1 is 1.11 bits per heavy atom. The minimum absolute atomic E-state index is 0.175. The van der Waals surface area contributed by atoms with E-state index < -0.39 is 0 Å². The first-order valence-corrected chi connectivity index (χ1v) is 6.27. The molecule has 2 N–H and O–H groups in total. The Balaban J connectivity index is 1.98. The topological polar surface area (TPSA) is 45.1 Å². The van der Waals surface area contributed by atoms with Crippen molar-refractivity contribution in [1.29, 1.82) is 0 Å². The maximum absolute atomic E-state index is 8.86. The van der Waals surface area contributed by atoms with E-state index in [9.17, 15) is 0 Å². The molecule has 2 aromatic rings. The van der Waals surface area contributed by atoms with E-state index in [-0.39, 0.29) is 6.61 Å². The summed E-state index contributed by atoms with van der Waals surface area (Å²) < 4.78 is 0. The van der Waals surface area contributed by atoms with Crippen molar-refractivity contribution >= 4 is 0 Å². The van der Waals surface area contributed by atoms with Crippen LogP contribution in [0.25, 0.3) is 11.3 Å². The van der Waals surface area contributed by atoms with Gasteiger partial charge in [-0.05, 0) is 17.2 Å². The van der Waals surface area contributed by atoms with Gasteiger partial charge in [0.2, 0.25) is 0 Å². The van der Waals surface area contributed by atoms with Crippen molar-refractivity contribution < 1.29 is 5.11 Å². The zero-order valence-corrected chi connectivity index (χ0v) is 10.1. The number of fused-ring (bicyclic) bond motifs is 3. The summed E-state index contributed by atoms with van der Waals surface area (Å²) in [6.45, 7) is 1.65. The number of aliphatic hydroxyl groups excluding tert-OH is 1. The van der Waals surface area contributed by atoms with Gasteiger partial charge in [0, 0.05) is 30.8 Å². The minimum atomic E-state index is 0.175. The lowest BCUT2D eigenvalue weighted by atomic mass is 9.97. The SMILES string of the molecule is OCCNCC1c2ccccc2-c2ncccc21. The molecule has 1 aromatic heterocycles. The predicted octanol–water partition coefficient (Wildman–Crippen LogP) is 1.78. The molecule has 1 aliphatic carbocycles. The highest BCUT2D eigenvalue weighted by Gasteiger charge is 2.28. The van der Waals surface area contributed by atoms with Crippen molar-refractivity contribution in [2.45, 2.75) is 5.92 Å². The zero-order valence-electron chi connectivity index (χ0n) is 10.1. The Morgan fingerprint density at radius 3 is 2.83 bits per heavy atom. The Hall–Kier alpha value is -1.71. The molecule has 18 heavy (non-hydrogen) atoms. The van der Waals surface area contributed by atoms with Gasteiger partial charge in [0.1, 0.15) is 0 Å². The van der Waals surface area contributed by atoms with Crippen molar-refractivity contribution in [3.05, 3.63) is 53.7 Å². The van der Waals surface area contributed by atoms with Crippen LogP contribution in [0.5, 0.6) is 0 Å². The minimum Gasteiger partial charge on any atom is -0.395 e. The van der Waals surface area contributed by atoms with Gasteiger partial charge < -0.3 is 10.4 Å². The number of benzene rings is 1. The van der Waals surface area contributed by atoms with Gasteiger partial charge in [-0.1, -0.05) is 30.3 Å². The Kier molecular flexibility index (Phi) is 3.09. The van der Waals surface area contributed by atoms with Crippen molar-refractivity contribution in [2.75, 3.05) is 19.7 Å². The van der Waals surface area contributed by atoms with E-state index in [1.807, 2.05) is 12.3 Å². The molecular formula is C15H16N2O. The van der Waals surface area contributed by atoms with Gasteiger partial charge in [0.15, 0.2) is 0 Å². The van der Waals surface area contributed by atoms with Crippen LogP contribution in [0.3, 0.4) is 0 Å². The molecule has 3 heteroatoms. The first-order valence-electron chi connectivity index (χ1n) is 6.27. The van der Waals surface area contributed by atoms with E-state index in [0.29, 0.717) is 12.5 Å². The Morgan fingerprint density at radius 2 is 1.94 bits per heavy atom. The molecular weight excluding hydrogens is 224 g/mol. The predicted molar refractivity (Wildman–Crippen MR) is 71.5 cm³/mol. The average molecular weight is 240 g/mol. The summed E-state index contributed by atoms with van der Waals surface area (Å²) in [4.78, 5) is 4.50. The summed E-state index contributed by atoms with van der Waals surface area (Å²) >= 11 is 0. The fraction of sp³-hybridized carbons (Fsp3) is 0.267. The van der Waals surface area contributed by atoms with Crippen LogP contribution in [-0.2, 0) is 0 Å². The van der Waals surface area contributed by atoms with Crippen molar-refractivity contribution in [1.82, 2.24) is 10.3 Å². The smallest absolute Gasteiger partial charge is 0.0743 e. The van der Waals surface area contributed by atoms with Crippen molar-refractivity contribution in [2.24, 2.45) is 0 Å². The van der Waals surface area contributed by atoms with E-state index >= 15 is 0 Å². The Bertz CT molecular complexity index is 508. The molecule has 1 aliphatic rings. The normalized spacial score (nSPS) is 16.4. The van der Waals surface area contributed by atoms with E-state index in [2.05, 4.69) is 40.6 Å². The molecule has 1 atom stereocenters. The number of nitrogens with zero attached hydrogens (tertiary/aromatic N) is 1. The number of aromatic nitrogens is 1. The van der Waals surface area contributed by atoms with Crippen LogP contribution in [0, 0.1) is 0 Å². The van der Waals surface area contributed by atoms with E-state index in [0.717, 1.165) is 12.2 Å². The lowest BCUT2D eigenvalue weighted by Gasteiger charge is -2.13. The standard InChI is InChI=1S/C15H16N2O/c18-9-8-16-10-14-11-4-1-2-5-12(11)15-13(14)6-3-7-17-15/h1-7,14,16,18H,8-10H2. The van der Waals surface area contributed by atoms with Crippen LogP contribution in [0.2, 0.25) is 0 Å². The molecule has 3 nitrogen and oxygen atoms in total. The van der Waals surface area contributed by atoms with Crippen LogP contribution in [-0.4, -0.2) is 29.8 Å². The van der Waals surface area contributed by atoms with Crippen LogP contribution in [0.1, 0.15) is 17.0 Å². The molecule has 1 unspecified atom stereocenters. The first-order chi connectivity index (χ1) is 8.92. The second kappa shape index (κ2) is 4.88. The summed E-state index contributed by atoms with van der Waals surface area (Å²) in [7, 11) is 0. The molecule has 0 amide bonds. The number of hydrogen-bond donors (Lipinski definition) is 2. The number of hydrogen-bond acceptors (Lipinski definition) is 3. The second-order valence-corrected chi connectivity index (χ2v) is 4.51. The molecule has 0 bridgehead atoms. The average Bonchev–Trinajstić information content (AvgIpc) is 2.74. The van der Waals surface area contributed by atoms with Crippen LogP contribution in [0.15, 0.2) is 42.6 Å². The zero-order chi connectivity index (χ0) is 12.4. The van der Waals surface area contributed by atoms with Gasteiger partial charge in [-0.2, -0.15) is 0 Å². The quantitative estimate of drug-likeness (QED) is 0.801. The monoisotopic (exact) mass is 240 g/mol. The van der Waals surface area contributed by atoms with Crippen LogP contribution >= 0.6 is 0 Å². The lowest BCUT2D eigenvalue weighted by Crippen LogP contribution is -2.24. The van der Waals surface area contributed by atoms with Gasteiger partial charge in [-0.25, -0.2) is 0 Å². The maximum atomic E-state index is 8.86. The molecule has 92 valence electrons. The maximum Gasteiger partial charge on any atom is 0.0743 e. The van der Waals surface area contributed by atoms with Gasteiger partial charge in [0.05, 0.1) is 12.3 Å². The third-order valence-electron chi connectivity index (χ3n) is 3.44. The fourth-order valence-corrected chi connectivity index (χ4v) is 2.65. The number of aliphatic hydroxyl groups is 1. The molecule has 1 heterocycles.